The minimum absolute atomic E-state index is 0.163. The van der Waals surface area contributed by atoms with E-state index in [9.17, 15) is 9.18 Å². The molecule has 0 aliphatic heterocycles. The highest BCUT2D eigenvalue weighted by Gasteiger charge is 2.20. The van der Waals surface area contributed by atoms with Crippen LogP contribution in [0.3, 0.4) is 0 Å². The van der Waals surface area contributed by atoms with Gasteiger partial charge in [0.15, 0.2) is 0 Å². The number of hydrogen-bond acceptors (Lipinski definition) is 5. The first-order chi connectivity index (χ1) is 15.0. The maximum absolute atomic E-state index is 13.2. The summed E-state index contributed by atoms with van der Waals surface area (Å²) in [5, 5.41) is 12.0. The third kappa shape index (κ3) is 4.39. The number of carbonyl (C=O) groups is 1. The Morgan fingerprint density at radius 1 is 1.06 bits per heavy atom. The Balaban J connectivity index is 1.52. The zero-order valence-corrected chi connectivity index (χ0v) is 18.3. The second-order valence-electron chi connectivity index (χ2n) is 7.20. The molecule has 4 aromatic rings. The molecule has 0 fully saturated rings. The molecule has 0 spiro atoms. The van der Waals surface area contributed by atoms with Crippen molar-refractivity contribution in [2.75, 3.05) is 0 Å². The van der Waals surface area contributed by atoms with E-state index < -0.39 is 0 Å². The molecule has 0 unspecified atom stereocenters. The van der Waals surface area contributed by atoms with Crippen LogP contribution < -0.4 is 5.32 Å². The van der Waals surface area contributed by atoms with Crippen molar-refractivity contribution in [2.24, 2.45) is 0 Å². The summed E-state index contributed by atoms with van der Waals surface area (Å²) in [5.41, 5.74) is 5.04. The average molecular weight is 436 g/mol. The van der Waals surface area contributed by atoms with Crippen LogP contribution in [0.5, 0.6) is 0 Å². The SMILES string of the molecule is CCc1ccc(CNC(=O)c2sc(-c3nnn(-c4ccc(F)cc4)c3C)nc2C)cc1. The second kappa shape index (κ2) is 8.77. The number of nitrogens with zero attached hydrogens (tertiary/aromatic N) is 4. The van der Waals surface area contributed by atoms with Crippen LogP contribution in [-0.2, 0) is 13.0 Å². The molecule has 2 aromatic heterocycles. The van der Waals surface area contributed by atoms with Gasteiger partial charge in [0.25, 0.3) is 5.91 Å². The van der Waals surface area contributed by atoms with Crippen molar-refractivity contribution in [1.29, 1.82) is 0 Å². The average Bonchev–Trinajstić information content (AvgIpc) is 3.35. The van der Waals surface area contributed by atoms with Crippen molar-refractivity contribution in [3.63, 3.8) is 0 Å². The summed E-state index contributed by atoms with van der Waals surface area (Å²) < 4.78 is 14.8. The first kappa shape index (κ1) is 20.9. The summed E-state index contributed by atoms with van der Waals surface area (Å²) >= 11 is 1.29. The highest BCUT2D eigenvalue weighted by Crippen LogP contribution is 2.29. The van der Waals surface area contributed by atoms with Crippen LogP contribution in [-0.4, -0.2) is 25.9 Å². The van der Waals surface area contributed by atoms with Crippen LogP contribution in [0, 0.1) is 19.7 Å². The van der Waals surface area contributed by atoms with Gasteiger partial charge in [0, 0.05) is 6.54 Å². The molecule has 31 heavy (non-hydrogen) atoms. The van der Waals surface area contributed by atoms with Gasteiger partial charge < -0.3 is 5.32 Å². The summed E-state index contributed by atoms with van der Waals surface area (Å²) in [4.78, 5) is 17.8. The second-order valence-corrected chi connectivity index (χ2v) is 8.20. The minimum Gasteiger partial charge on any atom is -0.347 e. The molecule has 0 aliphatic carbocycles. The van der Waals surface area contributed by atoms with Crippen molar-refractivity contribution in [3.05, 3.63) is 81.7 Å². The Hall–Kier alpha value is -3.39. The van der Waals surface area contributed by atoms with Gasteiger partial charge in [0.2, 0.25) is 0 Å². The molecule has 0 aliphatic rings. The van der Waals surface area contributed by atoms with E-state index in [4.69, 9.17) is 0 Å². The van der Waals surface area contributed by atoms with Gasteiger partial charge in [0.1, 0.15) is 21.4 Å². The molecule has 8 heteroatoms. The van der Waals surface area contributed by atoms with E-state index in [0.717, 1.165) is 17.7 Å². The topological polar surface area (TPSA) is 72.7 Å². The largest absolute Gasteiger partial charge is 0.347 e. The normalized spacial score (nSPS) is 11.0. The van der Waals surface area contributed by atoms with E-state index in [0.29, 0.717) is 33.5 Å². The van der Waals surface area contributed by atoms with Crippen LogP contribution >= 0.6 is 11.3 Å². The maximum Gasteiger partial charge on any atom is 0.263 e. The summed E-state index contributed by atoms with van der Waals surface area (Å²) in [6, 6.07) is 14.2. The van der Waals surface area contributed by atoms with Gasteiger partial charge in [-0.15, -0.1) is 16.4 Å². The lowest BCUT2D eigenvalue weighted by atomic mass is 10.1. The van der Waals surface area contributed by atoms with Crippen molar-refractivity contribution in [1.82, 2.24) is 25.3 Å². The molecule has 4 rings (SSSR count). The zero-order valence-electron chi connectivity index (χ0n) is 17.5. The Bertz CT molecular complexity index is 1210. The Kier molecular flexibility index (Phi) is 5.90. The molecule has 1 amide bonds. The van der Waals surface area contributed by atoms with Crippen LogP contribution in [0.1, 0.15) is 39.1 Å². The number of thiazole rings is 1. The molecule has 0 saturated heterocycles. The smallest absolute Gasteiger partial charge is 0.263 e. The molecule has 1 N–H and O–H groups in total. The molecule has 0 bridgehead atoms. The predicted molar refractivity (Wildman–Crippen MR) is 119 cm³/mol. The third-order valence-electron chi connectivity index (χ3n) is 5.06. The predicted octanol–water partition coefficient (Wildman–Crippen LogP) is 4.64. The fourth-order valence-corrected chi connectivity index (χ4v) is 4.24. The van der Waals surface area contributed by atoms with E-state index in [-0.39, 0.29) is 11.7 Å². The van der Waals surface area contributed by atoms with E-state index in [2.05, 4.69) is 39.7 Å². The molecular weight excluding hydrogens is 413 g/mol. The fraction of sp³-hybridized carbons (Fsp3) is 0.217. The quantitative estimate of drug-likeness (QED) is 0.479. The number of hydrogen-bond donors (Lipinski definition) is 1. The standard InChI is InChI=1S/C23H22FN5OS/c1-4-16-5-7-17(8-6-16)13-25-22(30)21-14(2)26-23(31-21)20-15(3)29(28-27-20)19-11-9-18(24)10-12-19/h5-12H,4,13H2,1-3H3,(H,25,30). The lowest BCUT2D eigenvalue weighted by Gasteiger charge is -2.05. The Morgan fingerprint density at radius 3 is 2.42 bits per heavy atom. The number of aromatic nitrogens is 4. The van der Waals surface area contributed by atoms with Crippen molar-refractivity contribution in [2.45, 2.75) is 33.7 Å². The van der Waals surface area contributed by atoms with E-state index in [1.54, 1.807) is 16.8 Å². The van der Waals surface area contributed by atoms with Crippen molar-refractivity contribution >= 4 is 17.2 Å². The van der Waals surface area contributed by atoms with Gasteiger partial charge in [0.05, 0.1) is 17.1 Å². The van der Waals surface area contributed by atoms with Crippen molar-refractivity contribution in [3.8, 4) is 16.4 Å². The van der Waals surface area contributed by atoms with E-state index >= 15 is 0 Å². The minimum atomic E-state index is -0.311. The van der Waals surface area contributed by atoms with Crippen LogP contribution in [0.4, 0.5) is 4.39 Å². The van der Waals surface area contributed by atoms with Crippen LogP contribution in [0.15, 0.2) is 48.5 Å². The number of rotatable bonds is 6. The van der Waals surface area contributed by atoms with Gasteiger partial charge in [-0.1, -0.05) is 36.4 Å². The molecule has 0 saturated carbocycles. The molecule has 2 aromatic carbocycles. The monoisotopic (exact) mass is 435 g/mol. The van der Waals surface area contributed by atoms with Gasteiger partial charge in [-0.3, -0.25) is 4.79 Å². The number of nitrogens with one attached hydrogen (secondary N) is 1. The first-order valence-corrected chi connectivity index (χ1v) is 10.8. The number of amides is 1. The number of halogens is 1. The Morgan fingerprint density at radius 2 is 1.74 bits per heavy atom. The number of aryl methyl sites for hydroxylation is 2. The molecule has 2 heterocycles. The summed E-state index contributed by atoms with van der Waals surface area (Å²) in [6.45, 7) is 6.25. The fourth-order valence-electron chi connectivity index (χ4n) is 3.22. The van der Waals surface area contributed by atoms with Gasteiger partial charge in [-0.2, -0.15) is 0 Å². The van der Waals surface area contributed by atoms with E-state index in [1.165, 1.54) is 29.0 Å². The van der Waals surface area contributed by atoms with Crippen LogP contribution in [0.25, 0.3) is 16.4 Å². The molecular formula is C23H22FN5OS. The lowest BCUT2D eigenvalue weighted by molar-refractivity contribution is 0.0954. The molecule has 158 valence electrons. The first-order valence-electron chi connectivity index (χ1n) is 9.98. The maximum atomic E-state index is 13.2. The van der Waals surface area contributed by atoms with Gasteiger partial charge >= 0.3 is 0 Å². The summed E-state index contributed by atoms with van der Waals surface area (Å²) in [6.07, 6.45) is 0.987. The zero-order chi connectivity index (χ0) is 22.0. The summed E-state index contributed by atoms with van der Waals surface area (Å²) in [5.74, 6) is -0.473. The van der Waals surface area contributed by atoms with E-state index in [1.807, 2.05) is 26.0 Å². The van der Waals surface area contributed by atoms with Gasteiger partial charge in [-0.05, 0) is 55.7 Å². The third-order valence-corrected chi connectivity index (χ3v) is 6.22. The lowest BCUT2D eigenvalue weighted by Crippen LogP contribution is -2.22. The number of carbonyl (C=O) groups excluding carboxylic acids is 1. The summed E-state index contributed by atoms with van der Waals surface area (Å²) in [7, 11) is 0. The van der Waals surface area contributed by atoms with Gasteiger partial charge in [-0.25, -0.2) is 14.1 Å². The van der Waals surface area contributed by atoms with Crippen LogP contribution in [0.2, 0.25) is 0 Å². The Labute approximate surface area is 183 Å². The highest BCUT2D eigenvalue weighted by molar-refractivity contribution is 7.17. The molecule has 0 atom stereocenters. The van der Waals surface area contributed by atoms with Crippen molar-refractivity contribution < 1.29 is 9.18 Å². The molecule has 0 radical (unpaired) electrons. The highest BCUT2D eigenvalue weighted by atomic mass is 32.1. The number of benzene rings is 2. The molecule has 6 nitrogen and oxygen atoms in total.